The Balaban J connectivity index is 1.76. The number of benzene rings is 2. The molecule has 1 saturated heterocycles. The van der Waals surface area contributed by atoms with Crippen molar-refractivity contribution in [1.29, 1.82) is 0 Å². The number of ether oxygens (including phenoxy) is 3. The molecule has 1 aliphatic heterocycles. The van der Waals surface area contributed by atoms with E-state index in [1.54, 1.807) is 32.4 Å². The third-order valence-electron chi connectivity index (χ3n) is 4.31. The summed E-state index contributed by atoms with van der Waals surface area (Å²) in [5.74, 6) is 0.887. The van der Waals surface area contributed by atoms with Gasteiger partial charge < -0.3 is 14.2 Å². The smallest absolute Gasteiger partial charge is 0.416 e. The predicted molar refractivity (Wildman–Crippen MR) is 95.4 cm³/mol. The van der Waals surface area contributed by atoms with Gasteiger partial charge in [-0.1, -0.05) is 30.3 Å². The van der Waals surface area contributed by atoms with Crippen LogP contribution in [0.4, 0.5) is 4.79 Å². The Kier molecular flexibility index (Phi) is 5.41. The van der Waals surface area contributed by atoms with Gasteiger partial charge in [-0.3, -0.25) is 4.79 Å². The minimum atomic E-state index is -0.592. The molecule has 2 aromatic rings. The highest BCUT2D eigenvalue weighted by Crippen LogP contribution is 2.24. The van der Waals surface area contributed by atoms with Crippen molar-refractivity contribution in [2.24, 2.45) is 0 Å². The molecule has 1 aliphatic rings. The van der Waals surface area contributed by atoms with Crippen molar-refractivity contribution in [2.75, 3.05) is 20.8 Å². The summed E-state index contributed by atoms with van der Waals surface area (Å²) in [6, 6.07) is 14.7. The van der Waals surface area contributed by atoms with Gasteiger partial charge in [-0.25, -0.2) is 9.69 Å². The summed E-state index contributed by atoms with van der Waals surface area (Å²) in [5.41, 5.74) is 1.76. The fourth-order valence-electron chi connectivity index (χ4n) is 3.03. The number of nitrogens with zero attached hydrogens (tertiary/aromatic N) is 1. The molecular formula is C20H21NO5. The molecule has 0 radical (unpaired) electrons. The van der Waals surface area contributed by atoms with E-state index in [-0.39, 0.29) is 25.0 Å². The largest absolute Gasteiger partial charge is 0.497 e. The summed E-state index contributed by atoms with van der Waals surface area (Å²) >= 11 is 0. The Hall–Kier alpha value is -3.02. The topological polar surface area (TPSA) is 65.1 Å². The van der Waals surface area contributed by atoms with Crippen molar-refractivity contribution in [1.82, 2.24) is 4.90 Å². The first kappa shape index (κ1) is 17.8. The lowest BCUT2D eigenvalue weighted by Gasteiger charge is -2.20. The first-order valence-corrected chi connectivity index (χ1v) is 8.35. The average molecular weight is 355 g/mol. The lowest BCUT2D eigenvalue weighted by atomic mass is 10.0. The number of methoxy groups -OCH3 is 2. The van der Waals surface area contributed by atoms with Gasteiger partial charge in [0, 0.05) is 6.07 Å². The molecule has 6 heteroatoms. The van der Waals surface area contributed by atoms with Gasteiger partial charge in [-0.15, -0.1) is 0 Å². The predicted octanol–water partition coefficient (Wildman–Crippen LogP) is 2.84. The monoisotopic (exact) mass is 355 g/mol. The van der Waals surface area contributed by atoms with E-state index >= 15 is 0 Å². The summed E-state index contributed by atoms with van der Waals surface area (Å²) in [6.45, 7) is 0.209. The molecule has 0 bridgehead atoms. The second-order valence-electron chi connectivity index (χ2n) is 6.08. The molecule has 1 atom stereocenters. The Morgan fingerprint density at radius 1 is 1.08 bits per heavy atom. The molecule has 2 amide bonds. The van der Waals surface area contributed by atoms with Crippen LogP contribution in [0.2, 0.25) is 0 Å². The standard InChI is InChI=1S/C20H21NO5/c1-24-17-9-15(10-18(12-17)25-2)11-19(22)21-16(13-26-20(21)23)8-14-6-4-3-5-7-14/h3-7,9-10,12,16H,8,11,13H2,1-2H3/t16-/m0/s1. The molecule has 0 unspecified atom stereocenters. The van der Waals surface area contributed by atoms with Crippen LogP contribution in [0.5, 0.6) is 11.5 Å². The summed E-state index contributed by atoms with van der Waals surface area (Å²) < 4.78 is 15.6. The maximum absolute atomic E-state index is 12.8. The number of hydrogen-bond acceptors (Lipinski definition) is 5. The van der Waals surface area contributed by atoms with Gasteiger partial charge in [0.2, 0.25) is 5.91 Å². The highest BCUT2D eigenvalue weighted by molar-refractivity contribution is 5.94. The van der Waals surface area contributed by atoms with E-state index < -0.39 is 6.09 Å². The Morgan fingerprint density at radius 2 is 1.73 bits per heavy atom. The molecule has 0 N–H and O–H groups in total. The third-order valence-corrected chi connectivity index (χ3v) is 4.31. The number of carbonyl (C=O) groups excluding carboxylic acids is 2. The molecule has 0 saturated carbocycles. The van der Waals surface area contributed by atoms with E-state index in [9.17, 15) is 9.59 Å². The third kappa shape index (κ3) is 3.96. The lowest BCUT2D eigenvalue weighted by molar-refractivity contribution is -0.128. The molecule has 1 heterocycles. The van der Waals surface area contributed by atoms with Crippen LogP contribution in [0.1, 0.15) is 11.1 Å². The van der Waals surface area contributed by atoms with Crippen LogP contribution in [0.25, 0.3) is 0 Å². The number of rotatable bonds is 6. The molecule has 26 heavy (non-hydrogen) atoms. The Labute approximate surface area is 152 Å². The van der Waals surface area contributed by atoms with Gasteiger partial charge in [-0.2, -0.15) is 0 Å². The van der Waals surface area contributed by atoms with Crippen LogP contribution >= 0.6 is 0 Å². The number of cyclic esters (lactones) is 1. The Bertz CT molecular complexity index is 768. The van der Waals surface area contributed by atoms with Crippen LogP contribution in [-0.2, 0) is 22.4 Å². The molecule has 2 aromatic carbocycles. The molecule has 0 aliphatic carbocycles. The zero-order valence-electron chi connectivity index (χ0n) is 14.8. The number of carbonyl (C=O) groups is 2. The molecule has 136 valence electrons. The summed E-state index contributed by atoms with van der Waals surface area (Å²) in [6.07, 6.45) is 0.0408. The molecule has 1 fully saturated rings. The fourth-order valence-corrected chi connectivity index (χ4v) is 3.03. The van der Waals surface area contributed by atoms with Gasteiger partial charge in [0.15, 0.2) is 0 Å². The normalized spacial score (nSPS) is 16.3. The van der Waals surface area contributed by atoms with Crippen molar-refractivity contribution < 1.29 is 23.8 Å². The summed E-state index contributed by atoms with van der Waals surface area (Å²) in [4.78, 5) is 26.1. The average Bonchev–Trinajstić information content (AvgIpc) is 3.02. The van der Waals surface area contributed by atoms with Crippen molar-refractivity contribution in [3.63, 3.8) is 0 Å². The van der Waals surface area contributed by atoms with Gasteiger partial charge in [0.1, 0.15) is 18.1 Å². The van der Waals surface area contributed by atoms with Gasteiger partial charge in [0.05, 0.1) is 26.7 Å². The lowest BCUT2D eigenvalue weighted by Crippen LogP contribution is -2.41. The van der Waals surface area contributed by atoms with Gasteiger partial charge in [-0.05, 0) is 29.7 Å². The first-order chi connectivity index (χ1) is 12.6. The van der Waals surface area contributed by atoms with Crippen molar-refractivity contribution in [2.45, 2.75) is 18.9 Å². The Morgan fingerprint density at radius 3 is 2.35 bits per heavy atom. The van der Waals surface area contributed by atoms with Gasteiger partial charge in [0.25, 0.3) is 0 Å². The van der Waals surface area contributed by atoms with E-state index in [2.05, 4.69) is 0 Å². The summed E-state index contributed by atoms with van der Waals surface area (Å²) in [5, 5.41) is 0. The van der Waals surface area contributed by atoms with Crippen LogP contribution in [0, 0.1) is 0 Å². The van der Waals surface area contributed by atoms with Crippen LogP contribution < -0.4 is 9.47 Å². The SMILES string of the molecule is COc1cc(CC(=O)N2C(=O)OC[C@@H]2Cc2ccccc2)cc(OC)c1. The molecular weight excluding hydrogens is 334 g/mol. The zero-order valence-corrected chi connectivity index (χ0v) is 14.8. The second-order valence-corrected chi connectivity index (χ2v) is 6.08. The highest BCUT2D eigenvalue weighted by atomic mass is 16.6. The second kappa shape index (κ2) is 7.91. The minimum Gasteiger partial charge on any atom is -0.497 e. The van der Waals surface area contributed by atoms with Crippen LogP contribution in [0.15, 0.2) is 48.5 Å². The summed E-state index contributed by atoms with van der Waals surface area (Å²) in [7, 11) is 3.10. The van der Waals surface area contributed by atoms with Crippen molar-refractivity contribution in [3.8, 4) is 11.5 Å². The maximum atomic E-state index is 12.8. The number of amides is 2. The van der Waals surface area contributed by atoms with E-state index in [4.69, 9.17) is 14.2 Å². The number of hydrogen-bond donors (Lipinski definition) is 0. The van der Waals surface area contributed by atoms with Crippen LogP contribution in [0.3, 0.4) is 0 Å². The quantitative estimate of drug-likeness (QED) is 0.797. The molecule has 0 aromatic heterocycles. The van der Waals surface area contributed by atoms with E-state index in [1.807, 2.05) is 30.3 Å². The van der Waals surface area contributed by atoms with Crippen molar-refractivity contribution in [3.05, 3.63) is 59.7 Å². The minimum absolute atomic E-state index is 0.0634. The molecule has 6 nitrogen and oxygen atoms in total. The highest BCUT2D eigenvalue weighted by Gasteiger charge is 2.37. The first-order valence-electron chi connectivity index (χ1n) is 8.35. The molecule has 0 spiro atoms. The van der Waals surface area contributed by atoms with Gasteiger partial charge >= 0.3 is 6.09 Å². The number of imide groups is 1. The van der Waals surface area contributed by atoms with Crippen molar-refractivity contribution >= 4 is 12.0 Å². The maximum Gasteiger partial charge on any atom is 0.416 e. The molecule has 3 rings (SSSR count). The zero-order chi connectivity index (χ0) is 18.5. The van der Waals surface area contributed by atoms with E-state index in [1.165, 1.54) is 4.90 Å². The van der Waals surface area contributed by atoms with Crippen LogP contribution in [-0.4, -0.2) is 43.8 Å². The van der Waals surface area contributed by atoms with E-state index in [0.29, 0.717) is 23.5 Å². The fraction of sp³-hybridized carbons (Fsp3) is 0.300. The van der Waals surface area contributed by atoms with E-state index in [0.717, 1.165) is 5.56 Å².